The molecule has 0 aromatic heterocycles. The second-order valence-electron chi connectivity index (χ2n) is 8.88. The number of anilines is 1. The van der Waals surface area contributed by atoms with Gasteiger partial charge < -0.3 is 15.0 Å². The summed E-state index contributed by atoms with van der Waals surface area (Å²) in [5.41, 5.74) is 2.15. The number of carbonyl (C=O) groups is 2. The van der Waals surface area contributed by atoms with E-state index in [9.17, 15) is 9.59 Å². The predicted octanol–water partition coefficient (Wildman–Crippen LogP) is 4.63. The van der Waals surface area contributed by atoms with Gasteiger partial charge in [0.05, 0.1) is 13.0 Å². The number of para-hydroxylation sites is 1. The van der Waals surface area contributed by atoms with Gasteiger partial charge in [-0.2, -0.15) is 0 Å². The van der Waals surface area contributed by atoms with Crippen LogP contribution in [-0.2, 0) is 15.0 Å². The average Bonchev–Trinajstić information content (AvgIpc) is 2.74. The van der Waals surface area contributed by atoms with Crippen molar-refractivity contribution in [3.8, 4) is 5.75 Å². The molecule has 160 valence electrons. The van der Waals surface area contributed by atoms with E-state index < -0.39 is 0 Å². The molecule has 2 aromatic rings. The first kappa shape index (κ1) is 21.9. The molecule has 1 saturated heterocycles. The number of amides is 2. The molecule has 0 saturated carbocycles. The van der Waals surface area contributed by atoms with Gasteiger partial charge in [-0.1, -0.05) is 51.1 Å². The molecule has 3 rings (SSSR count). The van der Waals surface area contributed by atoms with Crippen LogP contribution in [0.25, 0.3) is 0 Å². The first-order valence-electron chi connectivity index (χ1n) is 10.7. The maximum atomic E-state index is 12.6. The highest BCUT2D eigenvalue weighted by molar-refractivity contribution is 5.92. The van der Waals surface area contributed by atoms with E-state index in [2.05, 4.69) is 38.2 Å². The predicted molar refractivity (Wildman–Crippen MR) is 120 cm³/mol. The second-order valence-corrected chi connectivity index (χ2v) is 8.88. The molecule has 0 unspecified atom stereocenters. The zero-order valence-electron chi connectivity index (χ0n) is 18.2. The van der Waals surface area contributed by atoms with Crippen LogP contribution in [0.5, 0.6) is 5.75 Å². The third kappa shape index (κ3) is 6.09. The molecule has 5 nitrogen and oxygen atoms in total. The van der Waals surface area contributed by atoms with Gasteiger partial charge in [-0.3, -0.25) is 9.59 Å². The van der Waals surface area contributed by atoms with Crippen LogP contribution in [-0.4, -0.2) is 36.4 Å². The van der Waals surface area contributed by atoms with Crippen molar-refractivity contribution in [2.45, 2.75) is 45.4 Å². The molecule has 0 radical (unpaired) electrons. The van der Waals surface area contributed by atoms with Gasteiger partial charge in [-0.25, -0.2) is 0 Å². The molecule has 30 heavy (non-hydrogen) atoms. The number of benzene rings is 2. The van der Waals surface area contributed by atoms with Crippen LogP contribution in [0.3, 0.4) is 0 Å². The molecular formula is C25H32N2O3. The number of piperidine rings is 1. The fourth-order valence-corrected chi connectivity index (χ4v) is 3.62. The van der Waals surface area contributed by atoms with Crippen LogP contribution in [0.4, 0.5) is 5.69 Å². The number of nitrogens with zero attached hydrogens (tertiary/aromatic N) is 1. The van der Waals surface area contributed by atoms with Crippen LogP contribution in [0.2, 0.25) is 0 Å². The molecular weight excluding hydrogens is 376 g/mol. The summed E-state index contributed by atoms with van der Waals surface area (Å²) in [6.07, 6.45) is 1.74. The largest absolute Gasteiger partial charge is 0.493 e. The fraction of sp³-hybridized carbons (Fsp3) is 0.440. The van der Waals surface area contributed by atoms with Crippen molar-refractivity contribution in [2.24, 2.45) is 5.92 Å². The molecule has 1 N–H and O–H groups in total. The Balaban J connectivity index is 1.41. The summed E-state index contributed by atoms with van der Waals surface area (Å²) in [5.74, 6) is 0.841. The lowest BCUT2D eigenvalue weighted by molar-refractivity contribution is -0.135. The molecule has 1 fully saturated rings. The van der Waals surface area contributed by atoms with E-state index >= 15 is 0 Å². The summed E-state index contributed by atoms with van der Waals surface area (Å²) in [6, 6.07) is 17.6. The molecule has 1 aliphatic rings. The van der Waals surface area contributed by atoms with Gasteiger partial charge in [0.2, 0.25) is 11.8 Å². The van der Waals surface area contributed by atoms with Crippen molar-refractivity contribution in [3.05, 3.63) is 60.2 Å². The normalized spacial score (nSPS) is 15.0. The first-order chi connectivity index (χ1) is 14.3. The highest BCUT2D eigenvalue weighted by atomic mass is 16.5. The minimum Gasteiger partial charge on any atom is -0.493 e. The minimum atomic E-state index is -0.0584. The van der Waals surface area contributed by atoms with Crippen molar-refractivity contribution in [3.63, 3.8) is 0 Å². The van der Waals surface area contributed by atoms with E-state index in [4.69, 9.17) is 4.74 Å². The van der Waals surface area contributed by atoms with Crippen LogP contribution in [0, 0.1) is 5.92 Å². The Morgan fingerprint density at radius 1 is 1.00 bits per heavy atom. The summed E-state index contributed by atoms with van der Waals surface area (Å²) in [7, 11) is 0. The van der Waals surface area contributed by atoms with Crippen molar-refractivity contribution < 1.29 is 14.3 Å². The molecule has 0 spiro atoms. The summed E-state index contributed by atoms with van der Waals surface area (Å²) in [6.45, 7) is 8.11. The van der Waals surface area contributed by atoms with Gasteiger partial charge in [0.25, 0.3) is 0 Å². The van der Waals surface area contributed by atoms with Crippen LogP contribution in [0.1, 0.15) is 45.6 Å². The van der Waals surface area contributed by atoms with Crippen LogP contribution >= 0.6 is 0 Å². The molecule has 1 aliphatic heterocycles. The minimum absolute atomic E-state index is 0.0398. The third-order valence-electron chi connectivity index (χ3n) is 5.56. The van der Waals surface area contributed by atoms with E-state index in [1.165, 1.54) is 5.56 Å². The van der Waals surface area contributed by atoms with Crippen LogP contribution < -0.4 is 10.1 Å². The Kier molecular flexibility index (Phi) is 7.14. The van der Waals surface area contributed by atoms with Crippen LogP contribution in [0.15, 0.2) is 54.6 Å². The Morgan fingerprint density at radius 3 is 2.23 bits per heavy atom. The molecule has 1 heterocycles. The summed E-state index contributed by atoms with van der Waals surface area (Å²) < 4.78 is 5.61. The Bertz CT molecular complexity index is 833. The topological polar surface area (TPSA) is 58.6 Å². The van der Waals surface area contributed by atoms with Gasteiger partial charge in [0.1, 0.15) is 5.75 Å². The number of nitrogens with one attached hydrogen (secondary N) is 1. The van der Waals surface area contributed by atoms with Crippen molar-refractivity contribution in [2.75, 3.05) is 25.0 Å². The highest BCUT2D eigenvalue weighted by Crippen LogP contribution is 2.25. The van der Waals surface area contributed by atoms with Crippen molar-refractivity contribution >= 4 is 17.5 Å². The van der Waals surface area contributed by atoms with Gasteiger partial charge in [-0.05, 0) is 48.1 Å². The lowest BCUT2D eigenvalue weighted by atomic mass is 9.87. The second kappa shape index (κ2) is 9.79. The number of ether oxygens (including phenoxy) is 1. The van der Waals surface area contributed by atoms with E-state index in [0.717, 1.165) is 11.4 Å². The van der Waals surface area contributed by atoms with E-state index in [1.54, 1.807) is 0 Å². The lowest BCUT2D eigenvalue weighted by Crippen LogP contribution is -2.41. The molecule has 0 aliphatic carbocycles. The number of rotatable bonds is 6. The van der Waals surface area contributed by atoms with Gasteiger partial charge >= 0.3 is 0 Å². The molecule has 2 aromatic carbocycles. The zero-order chi connectivity index (χ0) is 21.6. The number of likely N-dealkylation sites (tertiary alicyclic amines) is 1. The number of carbonyl (C=O) groups excluding carboxylic acids is 2. The zero-order valence-corrected chi connectivity index (χ0v) is 18.2. The van der Waals surface area contributed by atoms with E-state index in [0.29, 0.717) is 39.0 Å². The summed E-state index contributed by atoms with van der Waals surface area (Å²) in [5, 5.41) is 3.02. The number of hydrogen-bond donors (Lipinski definition) is 1. The third-order valence-corrected chi connectivity index (χ3v) is 5.56. The Hall–Kier alpha value is -2.82. The quantitative estimate of drug-likeness (QED) is 0.758. The van der Waals surface area contributed by atoms with Gasteiger partial charge in [-0.15, -0.1) is 0 Å². The molecule has 5 heteroatoms. The van der Waals surface area contributed by atoms with E-state index in [-0.39, 0.29) is 23.1 Å². The molecule has 0 atom stereocenters. The van der Waals surface area contributed by atoms with Gasteiger partial charge in [0, 0.05) is 24.7 Å². The fourth-order valence-electron chi connectivity index (χ4n) is 3.62. The monoisotopic (exact) mass is 408 g/mol. The Morgan fingerprint density at radius 2 is 1.63 bits per heavy atom. The van der Waals surface area contributed by atoms with Crippen molar-refractivity contribution in [1.82, 2.24) is 4.90 Å². The first-order valence-corrected chi connectivity index (χ1v) is 10.7. The van der Waals surface area contributed by atoms with E-state index in [1.807, 2.05) is 47.4 Å². The summed E-state index contributed by atoms with van der Waals surface area (Å²) in [4.78, 5) is 26.9. The van der Waals surface area contributed by atoms with Crippen molar-refractivity contribution in [1.29, 1.82) is 0 Å². The summed E-state index contributed by atoms with van der Waals surface area (Å²) >= 11 is 0. The highest BCUT2D eigenvalue weighted by Gasteiger charge is 2.27. The number of hydrogen-bond acceptors (Lipinski definition) is 3. The maximum Gasteiger partial charge on any atom is 0.227 e. The Labute approximate surface area is 179 Å². The molecule has 2 amide bonds. The van der Waals surface area contributed by atoms with Gasteiger partial charge in [0.15, 0.2) is 0 Å². The smallest absolute Gasteiger partial charge is 0.227 e. The standard InChI is InChI=1S/C25H32N2O3/c1-25(2,3)20-9-11-21(12-10-20)26-24(29)19-13-16-27(17-14-19)23(28)15-18-30-22-7-5-4-6-8-22/h4-12,19H,13-18H2,1-3H3,(H,26,29). The maximum absolute atomic E-state index is 12.6. The lowest BCUT2D eigenvalue weighted by Gasteiger charge is -2.31. The SMILES string of the molecule is CC(C)(C)c1ccc(NC(=O)C2CCN(C(=O)CCOc3ccccc3)CC2)cc1. The molecule has 0 bridgehead atoms. The average molecular weight is 409 g/mol.